The van der Waals surface area contributed by atoms with Gasteiger partial charge in [0.05, 0.1) is 11.2 Å². The lowest BCUT2D eigenvalue weighted by Gasteiger charge is -2.32. The highest BCUT2D eigenvalue weighted by Crippen LogP contribution is 2.38. The third kappa shape index (κ3) is 5.55. The van der Waals surface area contributed by atoms with Crippen molar-refractivity contribution in [3.05, 3.63) is 103 Å². The first-order valence-electron chi connectivity index (χ1n) is 14.3. The third-order valence-corrected chi connectivity index (χ3v) is 9.53. The molecule has 2 heterocycles. The molecule has 210 valence electrons. The van der Waals surface area contributed by atoms with Crippen molar-refractivity contribution in [3.63, 3.8) is 0 Å². The van der Waals surface area contributed by atoms with E-state index in [2.05, 4.69) is 83.5 Å². The standard InChI is InChI=1S/C35H35BN3O2P/c1-34(2)35(3,4)41-36(40-34)27-19-22-29(24-17-20-28(21-18-24)42(5)6)30(23-27)33-38-31(25-13-9-7-10-14-25)37-32(39-33)26-15-11-8-12-16-26/h7-23H,1-6H3. The van der Waals surface area contributed by atoms with E-state index in [-0.39, 0.29) is 7.92 Å². The van der Waals surface area contributed by atoms with Crippen molar-refractivity contribution in [1.82, 2.24) is 15.0 Å². The molecule has 0 spiro atoms. The summed E-state index contributed by atoms with van der Waals surface area (Å²) in [5.41, 5.74) is 4.96. The molecule has 5 nitrogen and oxygen atoms in total. The fraction of sp³-hybridized carbons (Fsp3) is 0.229. The van der Waals surface area contributed by atoms with Gasteiger partial charge in [0.15, 0.2) is 17.5 Å². The smallest absolute Gasteiger partial charge is 0.399 e. The van der Waals surface area contributed by atoms with E-state index in [1.165, 1.54) is 5.30 Å². The first-order chi connectivity index (χ1) is 20.1. The minimum absolute atomic E-state index is 0.184. The predicted molar refractivity (Wildman–Crippen MR) is 176 cm³/mol. The minimum atomic E-state index is -0.502. The van der Waals surface area contributed by atoms with Gasteiger partial charge in [0.25, 0.3) is 0 Å². The summed E-state index contributed by atoms with van der Waals surface area (Å²) in [4.78, 5) is 15.0. The molecule has 42 heavy (non-hydrogen) atoms. The van der Waals surface area contributed by atoms with Gasteiger partial charge in [0, 0.05) is 16.7 Å². The first-order valence-corrected chi connectivity index (χ1v) is 16.5. The molecule has 4 aromatic carbocycles. The van der Waals surface area contributed by atoms with Crippen LogP contribution in [0.1, 0.15) is 27.7 Å². The fourth-order valence-corrected chi connectivity index (χ4v) is 5.74. The van der Waals surface area contributed by atoms with Crippen LogP contribution in [0, 0.1) is 0 Å². The van der Waals surface area contributed by atoms with Crippen LogP contribution in [0.4, 0.5) is 0 Å². The lowest BCUT2D eigenvalue weighted by molar-refractivity contribution is 0.00578. The monoisotopic (exact) mass is 571 g/mol. The van der Waals surface area contributed by atoms with Gasteiger partial charge in [0.1, 0.15) is 0 Å². The molecule has 0 amide bonds. The van der Waals surface area contributed by atoms with E-state index in [0.717, 1.165) is 33.3 Å². The van der Waals surface area contributed by atoms with Gasteiger partial charge in [-0.05, 0) is 62.9 Å². The van der Waals surface area contributed by atoms with E-state index in [9.17, 15) is 0 Å². The summed E-state index contributed by atoms with van der Waals surface area (Å²) < 4.78 is 12.9. The second-order valence-electron chi connectivity index (χ2n) is 11.9. The molecule has 0 unspecified atom stereocenters. The van der Waals surface area contributed by atoms with Crippen LogP contribution in [0.3, 0.4) is 0 Å². The average molecular weight is 571 g/mol. The minimum Gasteiger partial charge on any atom is -0.399 e. The van der Waals surface area contributed by atoms with Crippen LogP contribution in [-0.4, -0.2) is 46.6 Å². The highest BCUT2D eigenvalue weighted by molar-refractivity contribution is 7.64. The van der Waals surface area contributed by atoms with Crippen molar-refractivity contribution in [2.24, 2.45) is 0 Å². The van der Waals surface area contributed by atoms with Crippen LogP contribution in [0.2, 0.25) is 0 Å². The summed E-state index contributed by atoms with van der Waals surface area (Å²) in [6, 6.07) is 35.3. The van der Waals surface area contributed by atoms with E-state index in [0.29, 0.717) is 17.5 Å². The Morgan fingerprint density at radius 2 is 1.05 bits per heavy atom. The quantitative estimate of drug-likeness (QED) is 0.159. The van der Waals surface area contributed by atoms with Gasteiger partial charge in [0.2, 0.25) is 0 Å². The number of hydrogen-bond donors (Lipinski definition) is 0. The van der Waals surface area contributed by atoms with Crippen LogP contribution < -0.4 is 10.8 Å². The zero-order valence-electron chi connectivity index (χ0n) is 25.0. The topological polar surface area (TPSA) is 57.1 Å². The van der Waals surface area contributed by atoms with E-state index in [1.807, 2.05) is 60.7 Å². The lowest BCUT2D eigenvalue weighted by Crippen LogP contribution is -2.41. The van der Waals surface area contributed by atoms with Gasteiger partial charge in [-0.1, -0.05) is 111 Å². The van der Waals surface area contributed by atoms with Crippen LogP contribution in [0.15, 0.2) is 103 Å². The molecular weight excluding hydrogens is 536 g/mol. The number of hydrogen-bond acceptors (Lipinski definition) is 5. The molecule has 7 heteroatoms. The summed E-state index contributed by atoms with van der Waals surface area (Å²) in [5.74, 6) is 1.86. The van der Waals surface area contributed by atoms with Crippen LogP contribution >= 0.6 is 7.92 Å². The number of nitrogens with zero attached hydrogens (tertiary/aromatic N) is 3. The molecule has 0 radical (unpaired) electrons. The molecule has 1 fully saturated rings. The molecule has 0 bridgehead atoms. The Balaban J connectivity index is 1.56. The number of aromatic nitrogens is 3. The van der Waals surface area contributed by atoms with Gasteiger partial charge < -0.3 is 9.31 Å². The van der Waals surface area contributed by atoms with Gasteiger partial charge in [-0.2, -0.15) is 0 Å². The Morgan fingerprint density at radius 1 is 0.548 bits per heavy atom. The van der Waals surface area contributed by atoms with E-state index in [1.54, 1.807) is 0 Å². The molecule has 0 N–H and O–H groups in total. The third-order valence-electron chi connectivity index (χ3n) is 8.20. The Bertz CT molecular complexity index is 1630. The molecule has 0 aliphatic carbocycles. The highest BCUT2D eigenvalue weighted by atomic mass is 31.1. The van der Waals surface area contributed by atoms with E-state index >= 15 is 0 Å². The maximum absolute atomic E-state index is 6.44. The maximum Gasteiger partial charge on any atom is 0.494 e. The second kappa shape index (κ2) is 11.2. The summed E-state index contributed by atoms with van der Waals surface area (Å²) in [6.07, 6.45) is 0. The lowest BCUT2D eigenvalue weighted by atomic mass is 9.77. The maximum atomic E-state index is 6.44. The number of benzene rings is 4. The molecule has 0 saturated carbocycles. The first kappa shape index (κ1) is 28.4. The SMILES string of the molecule is CP(C)c1ccc(-c2ccc(B3OC(C)(C)C(C)(C)O3)cc2-c2nc(-c3ccccc3)nc(-c3ccccc3)n2)cc1. The molecule has 1 saturated heterocycles. The van der Waals surface area contributed by atoms with Gasteiger partial charge in [-0.25, -0.2) is 15.0 Å². The van der Waals surface area contributed by atoms with E-state index in [4.69, 9.17) is 24.3 Å². The molecule has 0 atom stereocenters. The normalized spacial score (nSPS) is 15.7. The van der Waals surface area contributed by atoms with Crippen molar-refractivity contribution >= 4 is 25.8 Å². The fourth-order valence-electron chi connectivity index (χ4n) is 4.99. The summed E-state index contributed by atoms with van der Waals surface area (Å²) >= 11 is 0. The van der Waals surface area contributed by atoms with Gasteiger partial charge in [-0.3, -0.25) is 0 Å². The van der Waals surface area contributed by atoms with Crippen molar-refractivity contribution in [3.8, 4) is 45.3 Å². The van der Waals surface area contributed by atoms with Crippen molar-refractivity contribution < 1.29 is 9.31 Å². The summed E-state index contributed by atoms with van der Waals surface area (Å²) in [6.45, 7) is 12.8. The average Bonchev–Trinajstić information content (AvgIpc) is 3.23. The van der Waals surface area contributed by atoms with Crippen molar-refractivity contribution in [2.75, 3.05) is 13.3 Å². The van der Waals surface area contributed by atoms with E-state index < -0.39 is 18.3 Å². The molecular formula is C35H35BN3O2P. The van der Waals surface area contributed by atoms with Gasteiger partial charge in [-0.15, -0.1) is 0 Å². The zero-order chi connectivity index (χ0) is 29.5. The molecule has 6 rings (SSSR count). The molecule has 5 aromatic rings. The Labute approximate surface area is 250 Å². The van der Waals surface area contributed by atoms with Crippen molar-refractivity contribution in [1.29, 1.82) is 0 Å². The van der Waals surface area contributed by atoms with Crippen LogP contribution in [0.5, 0.6) is 0 Å². The summed E-state index contributed by atoms with van der Waals surface area (Å²) in [7, 11) is -0.686. The largest absolute Gasteiger partial charge is 0.494 e. The summed E-state index contributed by atoms with van der Waals surface area (Å²) in [5, 5.41) is 1.36. The van der Waals surface area contributed by atoms with Crippen LogP contribution in [-0.2, 0) is 9.31 Å². The van der Waals surface area contributed by atoms with Gasteiger partial charge >= 0.3 is 7.12 Å². The Hall–Kier alpha value is -3.70. The second-order valence-corrected chi connectivity index (χ2v) is 14.2. The highest BCUT2D eigenvalue weighted by Gasteiger charge is 2.51. The Morgan fingerprint density at radius 3 is 1.55 bits per heavy atom. The Kier molecular flexibility index (Phi) is 7.57. The molecule has 1 aliphatic rings. The van der Waals surface area contributed by atoms with Crippen LogP contribution in [0.25, 0.3) is 45.3 Å². The predicted octanol–water partition coefficient (Wildman–Crippen LogP) is 7.21. The van der Waals surface area contributed by atoms with Crippen molar-refractivity contribution in [2.45, 2.75) is 38.9 Å². The number of rotatable bonds is 6. The molecule has 1 aromatic heterocycles. The molecule has 1 aliphatic heterocycles. The zero-order valence-corrected chi connectivity index (χ0v) is 25.9.